The zero-order valence-corrected chi connectivity index (χ0v) is 25.2. The number of amides is 1. The van der Waals surface area contributed by atoms with Crippen LogP contribution in [-0.2, 0) is 20.8 Å². The third-order valence-electron chi connectivity index (χ3n) is 5.68. The Morgan fingerprint density at radius 2 is 0.959 bits per heavy atom. The molecule has 3 rings (SSSR count). The molecule has 264 valence electrons. The second-order valence-corrected chi connectivity index (χ2v) is 9.10. The number of carbonyl (C=O) groups excluding carboxylic acids is 3. The largest absolute Gasteiger partial charge is 0.419 e. The number of carbonyl (C=O) groups is 3. The molecule has 3 aromatic carbocycles. The maximum absolute atomic E-state index is 14.0. The van der Waals surface area contributed by atoms with Crippen molar-refractivity contribution in [3.63, 3.8) is 0 Å². The highest BCUT2D eigenvalue weighted by Gasteiger charge is 2.32. The molecule has 0 radical (unpaired) electrons. The van der Waals surface area contributed by atoms with Crippen LogP contribution >= 0.6 is 0 Å². The molecule has 0 fully saturated rings. The number of nitrogens with two attached hydrogens (primary N) is 2. The summed E-state index contributed by atoms with van der Waals surface area (Å²) in [4.78, 5) is 38.1. The molecule has 0 atom stereocenters. The lowest BCUT2D eigenvalue weighted by Crippen LogP contribution is -2.42. The summed E-state index contributed by atoms with van der Waals surface area (Å²) < 4.78 is 145. The highest BCUT2D eigenvalue weighted by atomic mass is 19.2. The number of nitrogens with zero attached hydrogens (tertiary/aromatic N) is 3. The van der Waals surface area contributed by atoms with Crippen LogP contribution in [0.4, 0.5) is 43.9 Å². The predicted octanol–water partition coefficient (Wildman–Crippen LogP) is 4.68. The average molecular weight is 712 g/mol. The Kier molecular flexibility index (Phi) is 13.6. The first kappa shape index (κ1) is 39.5. The fourth-order valence-electron chi connectivity index (χ4n) is 3.46. The van der Waals surface area contributed by atoms with Gasteiger partial charge in [0.2, 0.25) is 75.6 Å². The van der Waals surface area contributed by atoms with E-state index in [-0.39, 0.29) is 27.7 Å². The summed E-state index contributed by atoms with van der Waals surface area (Å²) in [5, 5.41) is 7.19. The van der Waals surface area contributed by atoms with E-state index in [1.165, 1.54) is 31.2 Å². The quantitative estimate of drug-likeness (QED) is 0.0453. The van der Waals surface area contributed by atoms with Crippen molar-refractivity contribution in [1.82, 2.24) is 4.90 Å². The van der Waals surface area contributed by atoms with E-state index in [1.54, 1.807) is 0 Å². The Morgan fingerprint density at radius 1 is 0.612 bits per heavy atom. The van der Waals surface area contributed by atoms with Gasteiger partial charge in [-0.15, -0.1) is 10.2 Å². The number of hydrogen-bond acceptors (Lipinski definition) is 7. The number of benzene rings is 3. The molecule has 20 heteroatoms. The first-order chi connectivity index (χ1) is 22.9. The van der Waals surface area contributed by atoms with Crippen LogP contribution in [0.25, 0.3) is 0 Å². The zero-order valence-electron chi connectivity index (χ0n) is 25.2. The lowest BCUT2D eigenvalue weighted by Gasteiger charge is -2.21. The minimum atomic E-state index is -2.59. The number of esters is 2. The summed E-state index contributed by atoms with van der Waals surface area (Å²) in [7, 11) is 0. The van der Waals surface area contributed by atoms with Crippen molar-refractivity contribution >= 4 is 29.5 Å². The molecule has 0 aliphatic rings. The van der Waals surface area contributed by atoms with E-state index in [4.69, 9.17) is 11.5 Å². The van der Waals surface area contributed by atoms with E-state index >= 15 is 0 Å². The van der Waals surface area contributed by atoms with E-state index in [0.717, 1.165) is 0 Å². The van der Waals surface area contributed by atoms with Crippen LogP contribution in [-0.4, -0.2) is 47.5 Å². The SMILES string of the molecule is C/C(N)=N/N=C(\N)c1ccc(CC(=O)N(CC(=O)Oc2c(F)c(F)c(F)c(F)c2F)CC(=O)Oc2c(F)c(F)c(F)c(F)c2F)cc1.CC. The zero-order chi connectivity index (χ0) is 37.3. The fourth-order valence-corrected chi connectivity index (χ4v) is 3.46. The Hall–Kier alpha value is -5.69. The molecule has 0 heterocycles. The third-order valence-corrected chi connectivity index (χ3v) is 5.68. The predicted molar refractivity (Wildman–Crippen MR) is 150 cm³/mol. The molecular formula is C29H23F10N5O5. The lowest BCUT2D eigenvalue weighted by molar-refractivity contribution is -0.147. The van der Waals surface area contributed by atoms with Crippen molar-refractivity contribution in [2.45, 2.75) is 27.2 Å². The molecule has 0 spiro atoms. The second-order valence-electron chi connectivity index (χ2n) is 9.10. The minimum Gasteiger partial charge on any atom is -0.419 e. The molecule has 0 bridgehead atoms. The van der Waals surface area contributed by atoms with E-state index in [9.17, 15) is 58.3 Å². The number of ether oxygens (including phenoxy) is 2. The Balaban J connectivity index is 0.00000409. The summed E-state index contributed by atoms with van der Waals surface area (Å²) in [6, 6.07) is 5.24. The van der Waals surface area contributed by atoms with Crippen molar-refractivity contribution in [3.05, 3.63) is 93.6 Å². The van der Waals surface area contributed by atoms with E-state index in [1.807, 2.05) is 13.8 Å². The minimum absolute atomic E-state index is 0.0765. The molecular weight excluding hydrogens is 688 g/mol. The van der Waals surface area contributed by atoms with Gasteiger partial charge in [-0.3, -0.25) is 4.79 Å². The first-order valence-electron chi connectivity index (χ1n) is 13.4. The molecule has 4 N–H and O–H groups in total. The molecule has 0 aliphatic heterocycles. The van der Waals surface area contributed by atoms with Gasteiger partial charge in [0.1, 0.15) is 18.9 Å². The van der Waals surface area contributed by atoms with Gasteiger partial charge in [0, 0.05) is 5.56 Å². The fraction of sp³-hybridized carbons (Fsp3) is 0.207. The lowest BCUT2D eigenvalue weighted by atomic mass is 10.1. The van der Waals surface area contributed by atoms with Gasteiger partial charge in [-0.2, -0.15) is 17.6 Å². The summed E-state index contributed by atoms with van der Waals surface area (Å²) in [6.45, 7) is 2.40. The Labute approximate surface area is 269 Å². The molecule has 0 unspecified atom stereocenters. The van der Waals surface area contributed by atoms with E-state index < -0.39 is 107 Å². The van der Waals surface area contributed by atoms with Crippen molar-refractivity contribution in [2.24, 2.45) is 21.7 Å². The summed E-state index contributed by atoms with van der Waals surface area (Å²) in [5.74, 6) is -34.7. The normalized spacial score (nSPS) is 11.4. The van der Waals surface area contributed by atoms with Crippen LogP contribution in [0.3, 0.4) is 0 Å². The van der Waals surface area contributed by atoms with Gasteiger partial charge in [0.05, 0.1) is 6.42 Å². The Bertz CT molecular complexity index is 1670. The number of halogens is 10. The third kappa shape index (κ3) is 9.45. The van der Waals surface area contributed by atoms with Crippen molar-refractivity contribution in [2.75, 3.05) is 13.1 Å². The Morgan fingerprint density at radius 3 is 1.31 bits per heavy atom. The van der Waals surface area contributed by atoms with Gasteiger partial charge in [0.25, 0.3) is 0 Å². The molecule has 10 nitrogen and oxygen atoms in total. The highest BCUT2D eigenvalue weighted by Crippen LogP contribution is 2.30. The van der Waals surface area contributed by atoms with Crippen molar-refractivity contribution in [1.29, 1.82) is 0 Å². The average Bonchev–Trinajstić information content (AvgIpc) is 3.08. The van der Waals surface area contributed by atoms with Gasteiger partial charge in [-0.1, -0.05) is 38.1 Å². The van der Waals surface area contributed by atoms with E-state index in [2.05, 4.69) is 19.7 Å². The van der Waals surface area contributed by atoms with Gasteiger partial charge >= 0.3 is 11.9 Å². The van der Waals surface area contributed by atoms with Gasteiger partial charge in [-0.25, -0.2) is 35.9 Å². The standard InChI is InChI=1S/C27H17F10N5O5.C2H6/c1-9(38)40-41-27(39)11-4-2-10(3-5-11)6-12(43)42(7-13(44)46-25-21(34)17(30)15(28)18(31)22(25)35)8-14(45)47-26-23(36)19(32)16(29)20(33)24(26)37;1-2/h2-5H,6-8H2,1H3,(H2,38,40)(H2,39,41);1-2H3. The molecule has 0 saturated heterocycles. The highest BCUT2D eigenvalue weighted by molar-refractivity contribution is 5.98. The number of hydrogen-bond donors (Lipinski definition) is 2. The van der Waals surface area contributed by atoms with Gasteiger partial charge in [0.15, 0.2) is 5.84 Å². The van der Waals surface area contributed by atoms with E-state index in [0.29, 0.717) is 0 Å². The summed E-state index contributed by atoms with van der Waals surface area (Å²) >= 11 is 0. The van der Waals surface area contributed by atoms with Gasteiger partial charge in [-0.05, 0) is 12.5 Å². The van der Waals surface area contributed by atoms with Crippen molar-refractivity contribution < 1.29 is 67.8 Å². The van der Waals surface area contributed by atoms with Gasteiger partial charge < -0.3 is 25.8 Å². The van der Waals surface area contributed by atoms with Crippen LogP contribution in [0.1, 0.15) is 31.9 Å². The smallest absolute Gasteiger partial charge is 0.331 e. The maximum Gasteiger partial charge on any atom is 0.331 e. The number of amidine groups is 2. The summed E-state index contributed by atoms with van der Waals surface area (Å²) in [6.07, 6.45) is -0.719. The maximum atomic E-state index is 14.0. The van der Waals surface area contributed by atoms with Crippen LogP contribution < -0.4 is 20.9 Å². The molecule has 1 amide bonds. The monoisotopic (exact) mass is 711 g/mol. The van der Waals surface area contributed by atoms with Crippen LogP contribution in [0.5, 0.6) is 11.5 Å². The molecule has 0 aromatic heterocycles. The molecule has 49 heavy (non-hydrogen) atoms. The topological polar surface area (TPSA) is 150 Å². The van der Waals surface area contributed by atoms with Crippen LogP contribution in [0.2, 0.25) is 0 Å². The first-order valence-corrected chi connectivity index (χ1v) is 13.4. The number of rotatable bonds is 10. The van der Waals surface area contributed by atoms with Crippen LogP contribution in [0.15, 0.2) is 34.5 Å². The summed E-state index contributed by atoms with van der Waals surface area (Å²) in [5.41, 5.74) is 11.5. The van der Waals surface area contributed by atoms with Crippen molar-refractivity contribution in [3.8, 4) is 11.5 Å². The second kappa shape index (κ2) is 16.9. The van der Waals surface area contributed by atoms with Crippen LogP contribution in [0, 0.1) is 58.2 Å². The molecule has 0 aliphatic carbocycles. The molecule has 3 aromatic rings. The molecule has 0 saturated carbocycles.